The smallest absolute Gasteiger partial charge is 0.419 e. The molecular weight excluding hydrogens is 274 g/mol. The number of benzene rings is 1. The Labute approximate surface area is 120 Å². The number of hydrogen-bond donors (Lipinski definition) is 2. The molecule has 1 aliphatic rings. The van der Waals surface area contributed by atoms with Gasteiger partial charge >= 0.3 is 11.8 Å². The van der Waals surface area contributed by atoms with Gasteiger partial charge in [0.2, 0.25) is 0 Å². The van der Waals surface area contributed by atoms with Crippen LogP contribution in [0.4, 0.5) is 4.79 Å². The maximum absolute atomic E-state index is 11.9. The number of nitrogens with zero attached hydrogens (tertiary/aromatic N) is 2. The first-order valence-corrected chi connectivity index (χ1v) is 6.95. The zero-order valence-electron chi connectivity index (χ0n) is 11.5. The van der Waals surface area contributed by atoms with E-state index in [9.17, 15) is 9.59 Å². The van der Waals surface area contributed by atoms with Crippen LogP contribution in [0, 0.1) is 0 Å². The Kier molecular flexibility index (Phi) is 3.66. The van der Waals surface area contributed by atoms with E-state index in [1.54, 1.807) is 10.6 Å². The highest BCUT2D eigenvalue weighted by atomic mass is 16.4. The van der Waals surface area contributed by atoms with Crippen molar-refractivity contribution in [3.05, 3.63) is 34.8 Å². The van der Waals surface area contributed by atoms with Crippen LogP contribution in [0.2, 0.25) is 0 Å². The van der Waals surface area contributed by atoms with Gasteiger partial charge in [-0.15, -0.1) is 0 Å². The van der Waals surface area contributed by atoms with Gasteiger partial charge in [0.1, 0.15) is 0 Å². The van der Waals surface area contributed by atoms with Crippen LogP contribution in [0.5, 0.6) is 0 Å². The number of oxazole rings is 1. The van der Waals surface area contributed by atoms with Crippen molar-refractivity contribution in [2.75, 3.05) is 19.6 Å². The van der Waals surface area contributed by atoms with Crippen LogP contribution in [-0.2, 0) is 6.54 Å². The van der Waals surface area contributed by atoms with Crippen molar-refractivity contribution in [3.8, 4) is 0 Å². The molecule has 1 aromatic heterocycles. The van der Waals surface area contributed by atoms with Crippen LogP contribution in [0.25, 0.3) is 11.1 Å². The van der Waals surface area contributed by atoms with Crippen LogP contribution in [0.3, 0.4) is 0 Å². The zero-order valence-corrected chi connectivity index (χ0v) is 11.5. The van der Waals surface area contributed by atoms with Gasteiger partial charge in [-0.25, -0.2) is 9.59 Å². The Morgan fingerprint density at radius 2 is 2.24 bits per heavy atom. The maximum Gasteiger partial charge on any atom is 0.419 e. The van der Waals surface area contributed by atoms with Gasteiger partial charge in [-0.3, -0.25) is 4.57 Å². The first-order valence-electron chi connectivity index (χ1n) is 6.95. The van der Waals surface area contributed by atoms with Gasteiger partial charge in [-0.1, -0.05) is 12.1 Å². The average molecular weight is 291 g/mol. The third-order valence-corrected chi connectivity index (χ3v) is 3.80. The molecule has 0 radical (unpaired) electrons. The molecule has 1 atom stereocenters. The Morgan fingerprint density at radius 1 is 1.43 bits per heavy atom. The molecule has 1 fully saturated rings. The van der Waals surface area contributed by atoms with Gasteiger partial charge < -0.3 is 19.7 Å². The summed E-state index contributed by atoms with van der Waals surface area (Å²) in [6.07, 6.45) is -0.222. The predicted molar refractivity (Wildman–Crippen MR) is 76.5 cm³/mol. The highest BCUT2D eigenvalue weighted by Gasteiger charge is 2.22. The van der Waals surface area contributed by atoms with Gasteiger partial charge in [0.15, 0.2) is 5.58 Å². The monoisotopic (exact) mass is 291 g/mol. The summed E-state index contributed by atoms with van der Waals surface area (Å²) in [5.41, 5.74) is 1.35. The Morgan fingerprint density at radius 3 is 3.05 bits per heavy atom. The number of fused-ring (bicyclic) bond motifs is 1. The van der Waals surface area contributed by atoms with Crippen LogP contribution < -0.4 is 11.1 Å². The second kappa shape index (κ2) is 5.61. The summed E-state index contributed by atoms with van der Waals surface area (Å²) in [6.45, 7) is 2.08. The molecule has 3 rings (SSSR count). The summed E-state index contributed by atoms with van der Waals surface area (Å²) in [7, 11) is 0. The number of nitrogens with one attached hydrogen (secondary N) is 1. The van der Waals surface area contributed by atoms with E-state index in [1.807, 2.05) is 18.2 Å². The van der Waals surface area contributed by atoms with Crippen molar-refractivity contribution in [1.29, 1.82) is 0 Å². The molecule has 2 aromatic rings. The minimum absolute atomic E-state index is 0.0513. The molecule has 0 spiro atoms. The molecule has 7 heteroatoms. The summed E-state index contributed by atoms with van der Waals surface area (Å²) in [5, 5.41) is 12.3. The van der Waals surface area contributed by atoms with Crippen LogP contribution in [-0.4, -0.2) is 46.3 Å². The Balaban J connectivity index is 1.70. The Hall–Kier alpha value is -2.28. The molecule has 0 saturated carbocycles. The molecule has 7 nitrogen and oxygen atoms in total. The van der Waals surface area contributed by atoms with Gasteiger partial charge in [0.05, 0.1) is 5.52 Å². The van der Waals surface area contributed by atoms with Crippen LogP contribution in [0.15, 0.2) is 33.5 Å². The molecule has 0 bridgehead atoms. The van der Waals surface area contributed by atoms with Crippen molar-refractivity contribution in [3.63, 3.8) is 0 Å². The largest absolute Gasteiger partial charge is 0.465 e. The number of aromatic nitrogens is 1. The number of carboxylic acid groups (broad SMARTS) is 1. The van der Waals surface area contributed by atoms with E-state index in [-0.39, 0.29) is 11.8 Å². The van der Waals surface area contributed by atoms with E-state index in [4.69, 9.17) is 9.52 Å². The third kappa shape index (κ3) is 2.78. The lowest BCUT2D eigenvalue weighted by Crippen LogP contribution is -2.52. The normalized spacial score (nSPS) is 19.0. The number of hydrogen-bond acceptors (Lipinski definition) is 4. The van der Waals surface area contributed by atoms with E-state index < -0.39 is 6.09 Å². The summed E-state index contributed by atoms with van der Waals surface area (Å²) >= 11 is 0. The fourth-order valence-electron chi connectivity index (χ4n) is 2.70. The number of rotatable bonds is 3. The highest BCUT2D eigenvalue weighted by Crippen LogP contribution is 2.13. The molecule has 1 saturated heterocycles. The molecule has 0 aliphatic carbocycles. The van der Waals surface area contributed by atoms with E-state index >= 15 is 0 Å². The fourth-order valence-corrected chi connectivity index (χ4v) is 2.70. The van der Waals surface area contributed by atoms with Crippen molar-refractivity contribution < 1.29 is 14.3 Å². The van der Waals surface area contributed by atoms with Crippen LogP contribution in [0.1, 0.15) is 6.42 Å². The summed E-state index contributed by atoms with van der Waals surface area (Å²) in [6, 6.07) is 7.34. The van der Waals surface area contributed by atoms with E-state index in [1.165, 1.54) is 4.90 Å². The lowest BCUT2D eigenvalue weighted by Gasteiger charge is -2.31. The minimum atomic E-state index is -0.896. The number of amides is 1. The van der Waals surface area contributed by atoms with E-state index in [2.05, 4.69) is 5.32 Å². The zero-order chi connectivity index (χ0) is 14.8. The van der Waals surface area contributed by atoms with E-state index in [0.29, 0.717) is 38.2 Å². The highest BCUT2D eigenvalue weighted by molar-refractivity contribution is 5.72. The summed E-state index contributed by atoms with van der Waals surface area (Å²) in [4.78, 5) is 24.2. The summed E-state index contributed by atoms with van der Waals surface area (Å²) < 4.78 is 6.77. The van der Waals surface area contributed by atoms with Gasteiger partial charge in [-0.05, 0) is 18.6 Å². The minimum Gasteiger partial charge on any atom is -0.465 e. The SMILES string of the molecule is O=C(O)N1CCN[C@H](CCn2c(=O)oc3ccccc32)C1. The molecule has 1 aromatic carbocycles. The van der Waals surface area contributed by atoms with Gasteiger partial charge in [0, 0.05) is 32.2 Å². The van der Waals surface area contributed by atoms with E-state index in [0.717, 1.165) is 5.52 Å². The van der Waals surface area contributed by atoms with Crippen LogP contribution >= 0.6 is 0 Å². The summed E-state index contributed by atoms with van der Waals surface area (Å²) in [5.74, 6) is -0.373. The molecule has 1 aliphatic heterocycles. The molecule has 112 valence electrons. The molecular formula is C14H17N3O4. The number of para-hydroxylation sites is 2. The van der Waals surface area contributed by atoms with Crippen molar-refractivity contribution in [2.45, 2.75) is 19.0 Å². The molecule has 2 heterocycles. The third-order valence-electron chi connectivity index (χ3n) is 3.80. The second-order valence-electron chi connectivity index (χ2n) is 5.16. The fraction of sp³-hybridized carbons (Fsp3) is 0.429. The number of carbonyl (C=O) groups is 1. The van der Waals surface area contributed by atoms with Crippen molar-refractivity contribution >= 4 is 17.2 Å². The molecule has 2 N–H and O–H groups in total. The maximum atomic E-state index is 11.9. The predicted octanol–water partition coefficient (Wildman–Crippen LogP) is 0.936. The molecule has 21 heavy (non-hydrogen) atoms. The average Bonchev–Trinajstić information content (AvgIpc) is 2.81. The number of piperazine rings is 1. The lowest BCUT2D eigenvalue weighted by atomic mass is 10.1. The van der Waals surface area contributed by atoms with Gasteiger partial charge in [0.25, 0.3) is 0 Å². The first kappa shape index (κ1) is 13.7. The topological polar surface area (TPSA) is 87.7 Å². The standard InChI is InChI=1S/C14H17N3O4/c18-13(19)16-8-6-15-10(9-16)5-7-17-11-3-1-2-4-12(11)21-14(17)20/h1-4,10,15H,5-9H2,(H,18,19)/t10-/m1/s1. The quantitative estimate of drug-likeness (QED) is 0.878. The first-order chi connectivity index (χ1) is 10.1. The molecule has 1 amide bonds. The van der Waals surface area contributed by atoms with Gasteiger partial charge in [-0.2, -0.15) is 0 Å². The van der Waals surface area contributed by atoms with Crippen molar-refractivity contribution in [1.82, 2.24) is 14.8 Å². The lowest BCUT2D eigenvalue weighted by molar-refractivity contribution is 0.126. The second-order valence-corrected chi connectivity index (χ2v) is 5.16. The Bertz CT molecular complexity index is 706. The molecule has 0 unspecified atom stereocenters. The van der Waals surface area contributed by atoms with Crippen molar-refractivity contribution in [2.24, 2.45) is 0 Å². The number of aryl methyl sites for hydroxylation is 1.